The van der Waals surface area contributed by atoms with Crippen molar-refractivity contribution in [2.24, 2.45) is 0 Å². The Hall–Kier alpha value is -1.24. The Labute approximate surface area is 85.3 Å². The molecule has 0 atom stereocenters. The first kappa shape index (κ1) is 10.8. The Morgan fingerprint density at radius 2 is 2.14 bits per heavy atom. The molecule has 0 bridgehead atoms. The van der Waals surface area contributed by atoms with Crippen LogP contribution in [0.25, 0.3) is 0 Å². The third-order valence-corrected chi connectivity index (χ3v) is 2.10. The van der Waals surface area contributed by atoms with Crippen LogP contribution in [-0.2, 0) is 0 Å². The van der Waals surface area contributed by atoms with E-state index >= 15 is 0 Å². The first-order valence-corrected chi connectivity index (χ1v) is 4.13. The number of hydrogen-bond donors (Lipinski definition) is 2. The van der Waals surface area contributed by atoms with E-state index < -0.39 is 29.4 Å². The van der Waals surface area contributed by atoms with Crippen LogP contribution in [0.2, 0.25) is 0 Å². The van der Waals surface area contributed by atoms with Gasteiger partial charge in [0.1, 0.15) is 0 Å². The number of carboxylic acid groups (broad SMARTS) is 1. The van der Waals surface area contributed by atoms with Gasteiger partial charge >= 0.3 is 5.97 Å². The smallest absolute Gasteiger partial charge is 0.358 e. The molecule has 0 aliphatic rings. The number of pyridine rings is 1. The first-order chi connectivity index (χ1) is 6.45. The molecule has 0 amide bonds. The monoisotopic (exact) mass is 267 g/mol. The van der Waals surface area contributed by atoms with E-state index in [0.717, 1.165) is 6.20 Å². The maximum Gasteiger partial charge on any atom is 0.358 e. The summed E-state index contributed by atoms with van der Waals surface area (Å²) in [6, 6.07) is 0. The van der Waals surface area contributed by atoms with Gasteiger partial charge in [0.15, 0.2) is 11.4 Å². The lowest BCUT2D eigenvalue weighted by atomic mass is 10.2. The summed E-state index contributed by atoms with van der Waals surface area (Å²) in [6.45, 7) is 0. The molecule has 1 rings (SSSR count). The van der Waals surface area contributed by atoms with Gasteiger partial charge in [-0.05, 0) is 15.9 Å². The van der Waals surface area contributed by atoms with Crippen LogP contribution in [0.3, 0.4) is 0 Å². The summed E-state index contributed by atoms with van der Waals surface area (Å²) in [4.78, 5) is 13.7. The van der Waals surface area contributed by atoms with E-state index in [2.05, 4.69) is 20.9 Å². The fraction of sp³-hybridized carbons (Fsp3) is 0.143. The van der Waals surface area contributed by atoms with Crippen LogP contribution >= 0.6 is 15.9 Å². The highest BCUT2D eigenvalue weighted by molar-refractivity contribution is 9.10. The van der Waals surface area contributed by atoms with E-state index in [1.165, 1.54) is 0 Å². The quantitative estimate of drug-likeness (QED) is 0.862. The molecule has 2 N–H and O–H groups in total. The zero-order valence-electron chi connectivity index (χ0n) is 6.54. The molecule has 0 saturated heterocycles. The summed E-state index contributed by atoms with van der Waals surface area (Å²) < 4.78 is 24.5. The number of carboxylic acids is 1. The molecule has 1 aromatic heterocycles. The maximum absolute atomic E-state index is 12.3. The Kier molecular flexibility index (Phi) is 3.00. The number of alkyl halides is 2. The third kappa shape index (κ3) is 1.82. The van der Waals surface area contributed by atoms with Crippen molar-refractivity contribution >= 4 is 21.9 Å². The summed E-state index contributed by atoms with van der Waals surface area (Å²) >= 11 is 2.74. The lowest BCUT2D eigenvalue weighted by molar-refractivity contribution is 0.0685. The van der Waals surface area contributed by atoms with E-state index in [1.807, 2.05) is 0 Å². The molecule has 76 valence electrons. The third-order valence-electron chi connectivity index (χ3n) is 1.46. The molecule has 0 fully saturated rings. The highest BCUT2D eigenvalue weighted by Gasteiger charge is 2.23. The normalized spacial score (nSPS) is 10.6. The second-order valence-corrected chi connectivity index (χ2v) is 3.18. The molecule has 0 saturated carbocycles. The number of aromatic hydroxyl groups is 1. The zero-order chi connectivity index (χ0) is 10.9. The van der Waals surface area contributed by atoms with Crippen molar-refractivity contribution < 1.29 is 23.8 Å². The van der Waals surface area contributed by atoms with E-state index in [0.29, 0.717) is 0 Å². The molecule has 14 heavy (non-hydrogen) atoms. The van der Waals surface area contributed by atoms with Gasteiger partial charge in [0, 0.05) is 10.7 Å². The van der Waals surface area contributed by atoms with Crippen LogP contribution in [0.1, 0.15) is 22.5 Å². The number of aromatic nitrogens is 1. The molecule has 0 unspecified atom stereocenters. The molecule has 1 aromatic rings. The van der Waals surface area contributed by atoms with Crippen molar-refractivity contribution in [3.8, 4) is 5.75 Å². The molecule has 0 aliphatic carbocycles. The van der Waals surface area contributed by atoms with Gasteiger partial charge in [-0.3, -0.25) is 0 Å². The first-order valence-electron chi connectivity index (χ1n) is 3.34. The Bertz CT molecular complexity index is 383. The van der Waals surface area contributed by atoms with Crippen LogP contribution in [0.5, 0.6) is 5.75 Å². The van der Waals surface area contributed by atoms with Gasteiger partial charge in [-0.2, -0.15) is 0 Å². The van der Waals surface area contributed by atoms with E-state index in [1.54, 1.807) is 0 Å². The molecule has 0 spiro atoms. The lowest BCUT2D eigenvalue weighted by Gasteiger charge is -2.07. The molecule has 1 heterocycles. The average molecular weight is 268 g/mol. The lowest BCUT2D eigenvalue weighted by Crippen LogP contribution is -2.03. The van der Waals surface area contributed by atoms with Crippen LogP contribution in [-0.4, -0.2) is 21.2 Å². The summed E-state index contributed by atoms with van der Waals surface area (Å²) in [5.74, 6) is -2.57. The number of rotatable bonds is 2. The molecular weight excluding hydrogens is 264 g/mol. The highest BCUT2D eigenvalue weighted by atomic mass is 79.9. The number of halogens is 3. The van der Waals surface area contributed by atoms with Gasteiger partial charge in [-0.1, -0.05) is 0 Å². The van der Waals surface area contributed by atoms with Gasteiger partial charge < -0.3 is 10.2 Å². The topological polar surface area (TPSA) is 70.4 Å². The SMILES string of the molecule is O=C(O)c1ncc(Br)c(C(F)F)c1O. The fourth-order valence-corrected chi connectivity index (χ4v) is 1.32. The molecule has 0 radical (unpaired) electrons. The van der Waals surface area contributed by atoms with Gasteiger partial charge in [-0.25, -0.2) is 18.6 Å². The van der Waals surface area contributed by atoms with Crippen molar-refractivity contribution in [1.29, 1.82) is 0 Å². The highest BCUT2D eigenvalue weighted by Crippen LogP contribution is 2.35. The second-order valence-electron chi connectivity index (χ2n) is 2.32. The van der Waals surface area contributed by atoms with E-state index in [9.17, 15) is 13.6 Å². The van der Waals surface area contributed by atoms with Gasteiger partial charge in [-0.15, -0.1) is 0 Å². The van der Waals surface area contributed by atoms with Crippen LogP contribution in [0.15, 0.2) is 10.7 Å². The molecule has 0 aliphatic heterocycles. The van der Waals surface area contributed by atoms with E-state index in [4.69, 9.17) is 10.2 Å². The number of nitrogens with zero attached hydrogens (tertiary/aromatic N) is 1. The van der Waals surface area contributed by atoms with Crippen molar-refractivity contribution in [1.82, 2.24) is 4.98 Å². The van der Waals surface area contributed by atoms with Crippen LogP contribution in [0, 0.1) is 0 Å². The molecule has 4 nitrogen and oxygen atoms in total. The second kappa shape index (κ2) is 3.87. The fourth-order valence-electron chi connectivity index (χ4n) is 0.857. The number of aromatic carboxylic acids is 1. The van der Waals surface area contributed by atoms with Crippen LogP contribution < -0.4 is 0 Å². The average Bonchev–Trinajstić information content (AvgIpc) is 2.02. The van der Waals surface area contributed by atoms with Gasteiger partial charge in [0.05, 0.1) is 5.56 Å². The molecule has 7 heteroatoms. The van der Waals surface area contributed by atoms with Gasteiger partial charge in [0.2, 0.25) is 0 Å². The predicted octanol–water partition coefficient (Wildman–Crippen LogP) is 2.19. The Balaban J connectivity index is 3.41. The molecule has 0 aromatic carbocycles. The summed E-state index contributed by atoms with van der Waals surface area (Å²) in [5.41, 5.74) is -1.55. The minimum Gasteiger partial charge on any atom is -0.505 e. The minimum absolute atomic E-state index is 0.130. The van der Waals surface area contributed by atoms with Crippen LogP contribution in [0.4, 0.5) is 8.78 Å². The summed E-state index contributed by atoms with van der Waals surface area (Å²) in [7, 11) is 0. The Morgan fingerprint density at radius 1 is 1.57 bits per heavy atom. The summed E-state index contributed by atoms with van der Waals surface area (Å²) in [5, 5.41) is 17.6. The van der Waals surface area contributed by atoms with E-state index in [-0.39, 0.29) is 4.47 Å². The number of carbonyl (C=O) groups is 1. The van der Waals surface area contributed by atoms with Crippen molar-refractivity contribution in [2.45, 2.75) is 6.43 Å². The van der Waals surface area contributed by atoms with Gasteiger partial charge in [0.25, 0.3) is 6.43 Å². The van der Waals surface area contributed by atoms with Crippen molar-refractivity contribution in [3.63, 3.8) is 0 Å². The minimum atomic E-state index is -2.97. The zero-order valence-corrected chi connectivity index (χ0v) is 8.12. The number of hydrogen-bond acceptors (Lipinski definition) is 3. The Morgan fingerprint density at radius 3 is 2.57 bits per heavy atom. The van der Waals surface area contributed by atoms with Crippen molar-refractivity contribution in [3.05, 3.63) is 21.9 Å². The largest absolute Gasteiger partial charge is 0.505 e. The summed E-state index contributed by atoms with van der Waals surface area (Å²) in [6.07, 6.45) is -2.06. The maximum atomic E-state index is 12.3. The molecular formula is C7H4BrF2NO3. The predicted molar refractivity (Wildman–Crippen MR) is 45.5 cm³/mol. The van der Waals surface area contributed by atoms with Crippen molar-refractivity contribution in [2.75, 3.05) is 0 Å². The standard InChI is InChI=1S/C7H4BrF2NO3/c8-2-1-11-4(7(13)14)5(12)3(2)6(9)10/h1,6,12H,(H,13,14).